The number of rotatable bonds is 5. The number of aromatic nitrogens is 2. The van der Waals surface area contributed by atoms with Crippen LogP contribution in [0.3, 0.4) is 0 Å². The second-order valence-electron chi connectivity index (χ2n) is 6.11. The van der Waals surface area contributed by atoms with Gasteiger partial charge in [0.15, 0.2) is 0 Å². The van der Waals surface area contributed by atoms with Gasteiger partial charge in [0.25, 0.3) is 0 Å². The van der Waals surface area contributed by atoms with Crippen LogP contribution in [0.15, 0.2) is 53.0 Å². The number of aryl methyl sites for hydroxylation is 3. The van der Waals surface area contributed by atoms with E-state index >= 15 is 0 Å². The number of nitrogens with one attached hydrogen (secondary N) is 2. The molecule has 0 aliphatic carbocycles. The first kappa shape index (κ1) is 17.4. The maximum absolute atomic E-state index is 4.58. The van der Waals surface area contributed by atoms with Crippen molar-refractivity contribution >= 4 is 33.4 Å². The predicted molar refractivity (Wildman–Crippen MR) is 107 cm³/mol. The largest absolute Gasteiger partial charge is 0.366 e. The van der Waals surface area contributed by atoms with E-state index in [4.69, 9.17) is 0 Å². The van der Waals surface area contributed by atoms with Crippen molar-refractivity contribution in [3.8, 4) is 0 Å². The molecule has 0 saturated heterocycles. The zero-order valence-corrected chi connectivity index (χ0v) is 16.2. The van der Waals surface area contributed by atoms with Gasteiger partial charge in [-0.05, 0) is 65.5 Å². The molecule has 5 heteroatoms. The van der Waals surface area contributed by atoms with Gasteiger partial charge in [0, 0.05) is 22.8 Å². The molecular formula is C20H21BrN4. The normalized spacial score (nSPS) is 10.6. The van der Waals surface area contributed by atoms with E-state index in [1.807, 2.05) is 19.1 Å². The Labute approximate surface area is 156 Å². The van der Waals surface area contributed by atoms with Gasteiger partial charge in [0.2, 0.25) is 5.95 Å². The van der Waals surface area contributed by atoms with Crippen LogP contribution in [0.5, 0.6) is 0 Å². The van der Waals surface area contributed by atoms with E-state index in [9.17, 15) is 0 Å². The smallest absolute Gasteiger partial charge is 0.229 e. The third kappa shape index (κ3) is 4.57. The van der Waals surface area contributed by atoms with Crippen molar-refractivity contribution in [3.63, 3.8) is 0 Å². The Balaban J connectivity index is 1.77. The summed E-state index contributed by atoms with van der Waals surface area (Å²) in [6, 6.07) is 16.4. The number of hydrogen-bond donors (Lipinski definition) is 2. The van der Waals surface area contributed by atoms with E-state index in [1.165, 1.54) is 16.7 Å². The average molecular weight is 397 g/mol. The molecule has 4 nitrogen and oxygen atoms in total. The Morgan fingerprint density at radius 2 is 1.76 bits per heavy atom. The molecule has 0 aliphatic heterocycles. The fraction of sp³-hybridized carbons (Fsp3) is 0.200. The van der Waals surface area contributed by atoms with Gasteiger partial charge in [-0.2, -0.15) is 4.98 Å². The third-order valence-electron chi connectivity index (χ3n) is 3.95. The first-order chi connectivity index (χ1) is 12.0. The van der Waals surface area contributed by atoms with Gasteiger partial charge >= 0.3 is 0 Å². The first-order valence-electron chi connectivity index (χ1n) is 8.18. The maximum atomic E-state index is 4.58. The highest BCUT2D eigenvalue weighted by atomic mass is 79.9. The molecule has 0 bridgehead atoms. The van der Waals surface area contributed by atoms with E-state index in [1.54, 1.807) is 0 Å². The average Bonchev–Trinajstić information content (AvgIpc) is 2.56. The monoisotopic (exact) mass is 396 g/mol. The Bertz CT molecular complexity index is 893. The van der Waals surface area contributed by atoms with Crippen molar-refractivity contribution in [2.45, 2.75) is 27.3 Å². The van der Waals surface area contributed by atoms with Gasteiger partial charge < -0.3 is 10.6 Å². The standard InChI is InChI=1S/C20H21BrN4/c1-13-8-9-18(17(21)10-13)24-20-23-15(3)11-19(25-20)22-12-16-7-5-4-6-14(16)2/h4-11H,12H2,1-3H3,(H2,22,23,24,25). The molecule has 0 spiro atoms. The van der Waals surface area contributed by atoms with Gasteiger partial charge in [0.1, 0.15) is 5.82 Å². The van der Waals surface area contributed by atoms with Crippen LogP contribution in [0, 0.1) is 20.8 Å². The Morgan fingerprint density at radius 3 is 2.52 bits per heavy atom. The highest BCUT2D eigenvalue weighted by Crippen LogP contribution is 2.26. The summed E-state index contributed by atoms with van der Waals surface area (Å²) in [6.07, 6.45) is 0. The van der Waals surface area contributed by atoms with Crippen molar-refractivity contribution < 1.29 is 0 Å². The summed E-state index contributed by atoms with van der Waals surface area (Å²) in [4.78, 5) is 9.07. The number of halogens is 1. The van der Waals surface area contributed by atoms with Gasteiger partial charge in [-0.3, -0.25) is 0 Å². The summed E-state index contributed by atoms with van der Waals surface area (Å²) in [5, 5.41) is 6.67. The molecule has 0 aliphatic rings. The predicted octanol–water partition coefficient (Wildman–Crippen LogP) is 5.52. The fourth-order valence-electron chi connectivity index (χ4n) is 2.55. The molecule has 0 radical (unpaired) electrons. The van der Waals surface area contributed by atoms with Crippen LogP contribution in [-0.4, -0.2) is 9.97 Å². The molecule has 3 aromatic rings. The Morgan fingerprint density at radius 1 is 0.960 bits per heavy atom. The quantitative estimate of drug-likeness (QED) is 0.595. The maximum Gasteiger partial charge on any atom is 0.229 e. The lowest BCUT2D eigenvalue weighted by atomic mass is 10.1. The lowest BCUT2D eigenvalue weighted by Crippen LogP contribution is -2.06. The lowest BCUT2D eigenvalue weighted by molar-refractivity contribution is 1.05. The Hall–Kier alpha value is -2.40. The summed E-state index contributed by atoms with van der Waals surface area (Å²) in [5.41, 5.74) is 5.58. The first-order valence-corrected chi connectivity index (χ1v) is 8.98. The van der Waals surface area contributed by atoms with Crippen molar-refractivity contribution in [2.75, 3.05) is 10.6 Å². The molecule has 2 N–H and O–H groups in total. The lowest BCUT2D eigenvalue weighted by Gasteiger charge is -2.12. The molecule has 1 heterocycles. The molecule has 25 heavy (non-hydrogen) atoms. The molecular weight excluding hydrogens is 376 g/mol. The highest BCUT2D eigenvalue weighted by Gasteiger charge is 2.06. The molecule has 0 amide bonds. The summed E-state index contributed by atoms with van der Waals surface area (Å²) in [5.74, 6) is 1.39. The van der Waals surface area contributed by atoms with Crippen molar-refractivity contribution in [1.82, 2.24) is 9.97 Å². The van der Waals surface area contributed by atoms with Crippen LogP contribution >= 0.6 is 15.9 Å². The van der Waals surface area contributed by atoms with Crippen molar-refractivity contribution in [2.24, 2.45) is 0 Å². The number of hydrogen-bond acceptors (Lipinski definition) is 4. The summed E-state index contributed by atoms with van der Waals surface area (Å²) in [7, 11) is 0. The number of benzene rings is 2. The van der Waals surface area contributed by atoms with E-state index in [-0.39, 0.29) is 0 Å². The van der Waals surface area contributed by atoms with Crippen LogP contribution in [0.4, 0.5) is 17.5 Å². The molecule has 0 saturated carbocycles. The topological polar surface area (TPSA) is 49.8 Å². The highest BCUT2D eigenvalue weighted by molar-refractivity contribution is 9.10. The van der Waals surface area contributed by atoms with Crippen molar-refractivity contribution in [3.05, 3.63) is 75.4 Å². The SMILES string of the molecule is Cc1ccc(Nc2nc(C)cc(NCc3ccccc3C)n2)c(Br)c1. The van der Waals surface area contributed by atoms with Crippen LogP contribution in [-0.2, 0) is 6.54 Å². The van der Waals surface area contributed by atoms with E-state index in [2.05, 4.69) is 86.8 Å². The van der Waals surface area contributed by atoms with Crippen molar-refractivity contribution in [1.29, 1.82) is 0 Å². The van der Waals surface area contributed by atoms with Crippen LogP contribution in [0.2, 0.25) is 0 Å². The zero-order valence-electron chi connectivity index (χ0n) is 14.6. The second-order valence-corrected chi connectivity index (χ2v) is 6.96. The minimum atomic E-state index is 0.580. The van der Waals surface area contributed by atoms with Crippen LogP contribution in [0.25, 0.3) is 0 Å². The van der Waals surface area contributed by atoms with E-state index in [0.29, 0.717) is 5.95 Å². The molecule has 0 atom stereocenters. The summed E-state index contributed by atoms with van der Waals surface area (Å²) < 4.78 is 0.993. The number of nitrogens with zero attached hydrogens (tertiary/aromatic N) is 2. The molecule has 0 unspecified atom stereocenters. The van der Waals surface area contributed by atoms with Crippen LogP contribution in [0.1, 0.15) is 22.4 Å². The fourth-order valence-corrected chi connectivity index (χ4v) is 3.14. The van der Waals surface area contributed by atoms with E-state index < -0.39 is 0 Å². The van der Waals surface area contributed by atoms with Gasteiger partial charge in [-0.15, -0.1) is 0 Å². The minimum Gasteiger partial charge on any atom is -0.366 e. The zero-order chi connectivity index (χ0) is 17.8. The molecule has 1 aromatic heterocycles. The molecule has 2 aromatic carbocycles. The molecule has 0 fully saturated rings. The van der Waals surface area contributed by atoms with E-state index in [0.717, 1.165) is 28.2 Å². The summed E-state index contributed by atoms with van der Waals surface area (Å²) in [6.45, 7) is 6.88. The molecule has 3 rings (SSSR count). The van der Waals surface area contributed by atoms with Gasteiger partial charge in [-0.1, -0.05) is 30.3 Å². The number of anilines is 3. The molecule has 128 valence electrons. The van der Waals surface area contributed by atoms with Crippen LogP contribution < -0.4 is 10.6 Å². The van der Waals surface area contributed by atoms with Gasteiger partial charge in [-0.25, -0.2) is 4.98 Å². The second kappa shape index (κ2) is 7.66. The minimum absolute atomic E-state index is 0.580. The Kier molecular flexibility index (Phi) is 5.34. The summed E-state index contributed by atoms with van der Waals surface area (Å²) >= 11 is 3.58. The van der Waals surface area contributed by atoms with Gasteiger partial charge in [0.05, 0.1) is 5.69 Å². The third-order valence-corrected chi connectivity index (χ3v) is 4.60.